The van der Waals surface area contributed by atoms with Crippen LogP contribution in [0.15, 0.2) is 42.5 Å². The molecule has 2 heterocycles. The quantitative estimate of drug-likeness (QED) is 0.849. The van der Waals surface area contributed by atoms with Gasteiger partial charge in [-0.05, 0) is 41.8 Å². The molecule has 106 valence electrons. The van der Waals surface area contributed by atoms with Crippen LogP contribution >= 0.6 is 0 Å². The topological polar surface area (TPSA) is 38.8 Å². The van der Waals surface area contributed by atoms with Crippen LogP contribution in [0, 0.1) is 0 Å². The van der Waals surface area contributed by atoms with Crippen LogP contribution in [-0.2, 0) is 0 Å². The van der Waals surface area contributed by atoms with E-state index in [1.54, 1.807) is 0 Å². The number of hydrogen-bond donors (Lipinski definition) is 0. The maximum absolute atomic E-state index is 12.1. The monoisotopic (exact) mass is 281 g/mol. The first-order valence-corrected chi connectivity index (χ1v) is 7.11. The van der Waals surface area contributed by atoms with Crippen LogP contribution in [0.3, 0.4) is 0 Å². The number of benzene rings is 2. The normalized spacial score (nSPS) is 15.7. The van der Waals surface area contributed by atoms with Crippen molar-refractivity contribution in [2.24, 2.45) is 0 Å². The molecule has 4 heteroatoms. The van der Waals surface area contributed by atoms with Crippen LogP contribution in [0.2, 0.25) is 0 Å². The summed E-state index contributed by atoms with van der Waals surface area (Å²) in [6.45, 7) is 2.04. The minimum absolute atomic E-state index is 0.124. The van der Waals surface area contributed by atoms with E-state index < -0.39 is 0 Å². The molecule has 0 spiro atoms. The zero-order valence-corrected chi connectivity index (χ0v) is 11.5. The Kier molecular flexibility index (Phi) is 2.81. The van der Waals surface area contributed by atoms with Gasteiger partial charge >= 0.3 is 0 Å². The highest BCUT2D eigenvalue weighted by Gasteiger charge is 2.21. The lowest BCUT2D eigenvalue weighted by molar-refractivity contribution is 0.0652. The summed E-state index contributed by atoms with van der Waals surface area (Å²) in [7, 11) is 0. The minimum atomic E-state index is 0.124. The largest absolute Gasteiger partial charge is 0.454 e. The molecule has 1 fully saturated rings. The van der Waals surface area contributed by atoms with Crippen LogP contribution in [-0.4, -0.2) is 30.7 Å². The molecule has 0 radical (unpaired) electrons. The van der Waals surface area contributed by atoms with E-state index in [-0.39, 0.29) is 12.7 Å². The van der Waals surface area contributed by atoms with Gasteiger partial charge in [0.1, 0.15) is 0 Å². The molecular weight excluding hydrogens is 266 g/mol. The number of nitrogens with zero attached hydrogens (tertiary/aromatic N) is 1. The Morgan fingerprint density at radius 3 is 2.33 bits per heavy atom. The smallest absolute Gasteiger partial charge is 0.253 e. The zero-order chi connectivity index (χ0) is 14.2. The summed E-state index contributed by atoms with van der Waals surface area (Å²) in [5, 5.41) is 0. The Labute approximate surface area is 122 Å². The van der Waals surface area contributed by atoms with E-state index >= 15 is 0 Å². The number of rotatable bonds is 2. The van der Waals surface area contributed by atoms with Crippen molar-refractivity contribution in [3.8, 4) is 22.6 Å². The van der Waals surface area contributed by atoms with Gasteiger partial charge in [0, 0.05) is 18.7 Å². The molecule has 1 saturated heterocycles. The van der Waals surface area contributed by atoms with Crippen LogP contribution in [0.25, 0.3) is 11.1 Å². The van der Waals surface area contributed by atoms with Gasteiger partial charge in [0.15, 0.2) is 11.5 Å². The third-order valence-corrected chi connectivity index (χ3v) is 3.98. The molecule has 4 rings (SSSR count). The summed E-state index contributed by atoms with van der Waals surface area (Å²) in [5.41, 5.74) is 2.87. The molecule has 4 nitrogen and oxygen atoms in total. The first-order valence-electron chi connectivity index (χ1n) is 7.11. The van der Waals surface area contributed by atoms with Crippen LogP contribution in [0.4, 0.5) is 0 Å². The van der Waals surface area contributed by atoms with E-state index in [4.69, 9.17) is 9.47 Å². The van der Waals surface area contributed by atoms with Crippen LogP contribution < -0.4 is 9.47 Å². The average molecular weight is 281 g/mol. The minimum Gasteiger partial charge on any atom is -0.454 e. The van der Waals surface area contributed by atoms with Crippen molar-refractivity contribution in [2.75, 3.05) is 19.9 Å². The first kappa shape index (κ1) is 12.3. The third kappa shape index (κ3) is 2.13. The van der Waals surface area contributed by atoms with Crippen LogP contribution in [0.1, 0.15) is 16.8 Å². The number of ether oxygens (including phenoxy) is 2. The average Bonchev–Trinajstić information content (AvgIpc) is 2.93. The van der Waals surface area contributed by atoms with Gasteiger partial charge in [-0.15, -0.1) is 0 Å². The molecule has 2 aliphatic heterocycles. The van der Waals surface area contributed by atoms with Gasteiger partial charge in [0.25, 0.3) is 5.91 Å². The lowest BCUT2D eigenvalue weighted by Gasteiger charge is -2.30. The second kappa shape index (κ2) is 4.81. The number of likely N-dealkylation sites (tertiary alicyclic amines) is 1. The number of hydrogen-bond acceptors (Lipinski definition) is 3. The molecular formula is C17H15NO3. The Morgan fingerprint density at radius 2 is 1.62 bits per heavy atom. The lowest BCUT2D eigenvalue weighted by atomic mass is 10.0. The van der Waals surface area contributed by atoms with Crippen molar-refractivity contribution in [3.63, 3.8) is 0 Å². The molecule has 21 heavy (non-hydrogen) atoms. The highest BCUT2D eigenvalue weighted by atomic mass is 16.7. The lowest BCUT2D eigenvalue weighted by Crippen LogP contribution is -2.41. The van der Waals surface area contributed by atoms with E-state index in [1.165, 1.54) is 0 Å². The fourth-order valence-corrected chi connectivity index (χ4v) is 2.58. The van der Waals surface area contributed by atoms with Gasteiger partial charge in [0.2, 0.25) is 6.79 Å². The van der Waals surface area contributed by atoms with Gasteiger partial charge in [-0.3, -0.25) is 4.79 Å². The van der Waals surface area contributed by atoms with Gasteiger partial charge in [-0.2, -0.15) is 0 Å². The number of carbonyl (C=O) groups is 1. The van der Waals surface area contributed by atoms with Crippen molar-refractivity contribution >= 4 is 5.91 Å². The molecule has 0 aliphatic carbocycles. The van der Waals surface area contributed by atoms with Gasteiger partial charge < -0.3 is 14.4 Å². The molecule has 0 atom stereocenters. The van der Waals surface area contributed by atoms with E-state index in [1.807, 2.05) is 47.4 Å². The molecule has 0 unspecified atom stereocenters. The fraction of sp³-hybridized carbons (Fsp3) is 0.235. The summed E-state index contributed by atoms with van der Waals surface area (Å²) in [4.78, 5) is 14.0. The highest BCUT2D eigenvalue weighted by molar-refractivity contribution is 5.95. The Morgan fingerprint density at radius 1 is 0.905 bits per heavy atom. The molecule has 0 N–H and O–H groups in total. The molecule has 2 aromatic rings. The molecule has 2 aromatic carbocycles. The second-order valence-corrected chi connectivity index (χ2v) is 5.29. The van der Waals surface area contributed by atoms with E-state index in [9.17, 15) is 4.79 Å². The predicted molar refractivity (Wildman–Crippen MR) is 78.5 cm³/mol. The maximum atomic E-state index is 12.1. The van der Waals surface area contributed by atoms with Gasteiger partial charge in [-0.25, -0.2) is 0 Å². The zero-order valence-electron chi connectivity index (χ0n) is 11.5. The third-order valence-electron chi connectivity index (χ3n) is 3.98. The SMILES string of the molecule is O=C(c1ccc(-c2ccc3c(c2)OCO3)cc1)N1CCC1. The van der Waals surface area contributed by atoms with Crippen molar-refractivity contribution in [2.45, 2.75) is 6.42 Å². The van der Waals surface area contributed by atoms with Crippen molar-refractivity contribution in [3.05, 3.63) is 48.0 Å². The molecule has 0 saturated carbocycles. The summed E-state index contributed by atoms with van der Waals surface area (Å²) in [6, 6.07) is 13.6. The van der Waals surface area contributed by atoms with Crippen molar-refractivity contribution in [1.29, 1.82) is 0 Å². The number of amides is 1. The molecule has 2 aliphatic rings. The Bertz CT molecular complexity index is 690. The Balaban J connectivity index is 1.59. The maximum Gasteiger partial charge on any atom is 0.253 e. The summed E-state index contributed by atoms with van der Waals surface area (Å²) in [6.07, 6.45) is 1.11. The highest BCUT2D eigenvalue weighted by Crippen LogP contribution is 2.35. The molecule has 0 bridgehead atoms. The number of fused-ring (bicyclic) bond motifs is 1. The second-order valence-electron chi connectivity index (χ2n) is 5.29. The van der Waals surface area contributed by atoms with Crippen molar-refractivity contribution in [1.82, 2.24) is 4.90 Å². The Hall–Kier alpha value is -2.49. The summed E-state index contributed by atoms with van der Waals surface area (Å²) in [5.74, 6) is 1.68. The van der Waals surface area contributed by atoms with E-state index in [0.717, 1.165) is 47.7 Å². The fourth-order valence-electron chi connectivity index (χ4n) is 2.58. The van der Waals surface area contributed by atoms with Crippen molar-refractivity contribution < 1.29 is 14.3 Å². The van der Waals surface area contributed by atoms with E-state index in [0.29, 0.717) is 0 Å². The summed E-state index contributed by atoms with van der Waals surface area (Å²) < 4.78 is 10.7. The van der Waals surface area contributed by atoms with E-state index in [2.05, 4.69) is 0 Å². The van der Waals surface area contributed by atoms with Crippen LogP contribution in [0.5, 0.6) is 11.5 Å². The first-order chi connectivity index (χ1) is 10.3. The predicted octanol–water partition coefficient (Wildman–Crippen LogP) is 2.93. The number of carbonyl (C=O) groups excluding carboxylic acids is 1. The standard InChI is InChI=1S/C17H15NO3/c19-17(18-8-1-9-18)13-4-2-12(3-5-13)14-6-7-15-16(10-14)21-11-20-15/h2-7,10H,1,8-9,11H2. The molecule has 1 amide bonds. The summed E-state index contributed by atoms with van der Waals surface area (Å²) >= 11 is 0. The van der Waals surface area contributed by atoms with Gasteiger partial charge in [0.05, 0.1) is 0 Å². The van der Waals surface area contributed by atoms with Gasteiger partial charge in [-0.1, -0.05) is 18.2 Å². The molecule has 0 aromatic heterocycles.